The van der Waals surface area contributed by atoms with E-state index in [-0.39, 0.29) is 25.9 Å². The van der Waals surface area contributed by atoms with Crippen LogP contribution < -0.4 is 5.73 Å². The van der Waals surface area contributed by atoms with Gasteiger partial charge in [0.25, 0.3) is 0 Å². The third-order valence-electron chi connectivity index (χ3n) is 3.89. The molecule has 1 fully saturated rings. The average Bonchev–Trinajstić information content (AvgIpc) is 2.65. The number of rotatable bonds is 2. The standard InChI is InChI=1S/C13H18ClF3N4O/c1-7-12(14)8(2)21(19-7)6-11(22)20-5-9(18)3-4-10(20)13(15,16)17/h9-10H,3-6,18H2,1-2H3. The molecule has 5 nitrogen and oxygen atoms in total. The van der Waals surface area contributed by atoms with E-state index in [4.69, 9.17) is 17.3 Å². The number of nitrogens with two attached hydrogens (primary N) is 1. The van der Waals surface area contributed by atoms with Gasteiger partial charge in [0.2, 0.25) is 5.91 Å². The van der Waals surface area contributed by atoms with Crippen LogP contribution in [0.1, 0.15) is 24.2 Å². The molecular formula is C13H18ClF3N4O. The second kappa shape index (κ2) is 6.08. The fourth-order valence-corrected chi connectivity index (χ4v) is 2.80. The second-order valence-corrected chi connectivity index (χ2v) is 5.96. The molecule has 1 aromatic heterocycles. The number of carbonyl (C=O) groups excluding carboxylic acids is 1. The third-order valence-corrected chi connectivity index (χ3v) is 4.44. The van der Waals surface area contributed by atoms with Crippen LogP contribution in [-0.4, -0.2) is 45.4 Å². The van der Waals surface area contributed by atoms with Crippen molar-refractivity contribution >= 4 is 17.5 Å². The summed E-state index contributed by atoms with van der Waals surface area (Å²) in [5.41, 5.74) is 6.81. The van der Waals surface area contributed by atoms with Crippen molar-refractivity contribution in [2.24, 2.45) is 5.73 Å². The molecule has 1 amide bonds. The molecule has 2 atom stereocenters. The van der Waals surface area contributed by atoms with Gasteiger partial charge in [-0.1, -0.05) is 11.6 Å². The van der Waals surface area contributed by atoms with Gasteiger partial charge in [0.1, 0.15) is 12.6 Å². The first-order valence-corrected chi connectivity index (χ1v) is 7.30. The van der Waals surface area contributed by atoms with E-state index in [1.165, 1.54) is 4.68 Å². The maximum Gasteiger partial charge on any atom is 0.408 e. The molecule has 1 aromatic rings. The van der Waals surface area contributed by atoms with Crippen LogP contribution in [0.25, 0.3) is 0 Å². The smallest absolute Gasteiger partial charge is 0.327 e. The zero-order valence-corrected chi connectivity index (χ0v) is 13.1. The number of carbonyl (C=O) groups is 1. The number of likely N-dealkylation sites (tertiary alicyclic amines) is 1. The van der Waals surface area contributed by atoms with Crippen LogP contribution in [0.15, 0.2) is 0 Å². The Morgan fingerprint density at radius 3 is 2.55 bits per heavy atom. The van der Waals surface area contributed by atoms with E-state index >= 15 is 0 Å². The molecule has 9 heteroatoms. The van der Waals surface area contributed by atoms with Crippen molar-refractivity contribution in [3.63, 3.8) is 0 Å². The predicted octanol–water partition coefficient (Wildman–Crippen LogP) is 2.03. The second-order valence-electron chi connectivity index (χ2n) is 5.58. The van der Waals surface area contributed by atoms with Crippen molar-refractivity contribution in [2.45, 2.75) is 51.5 Å². The van der Waals surface area contributed by atoms with Crippen molar-refractivity contribution in [1.29, 1.82) is 0 Å². The summed E-state index contributed by atoms with van der Waals surface area (Å²) in [5, 5.41) is 4.49. The predicted molar refractivity (Wildman–Crippen MR) is 75.5 cm³/mol. The van der Waals surface area contributed by atoms with Crippen molar-refractivity contribution in [3.8, 4) is 0 Å². The zero-order valence-electron chi connectivity index (χ0n) is 12.3. The van der Waals surface area contributed by atoms with Crippen LogP contribution in [0.3, 0.4) is 0 Å². The highest BCUT2D eigenvalue weighted by Crippen LogP contribution is 2.32. The fourth-order valence-electron chi connectivity index (χ4n) is 2.66. The van der Waals surface area contributed by atoms with Gasteiger partial charge in [-0.05, 0) is 26.7 Å². The number of alkyl halides is 3. The van der Waals surface area contributed by atoms with Crippen molar-refractivity contribution in [2.75, 3.05) is 6.54 Å². The summed E-state index contributed by atoms with van der Waals surface area (Å²) in [6, 6.07) is -2.22. The molecule has 2 heterocycles. The van der Waals surface area contributed by atoms with Gasteiger partial charge < -0.3 is 10.6 Å². The number of piperidine rings is 1. The Hall–Kier alpha value is -1.28. The van der Waals surface area contributed by atoms with Gasteiger partial charge in [-0.2, -0.15) is 18.3 Å². The maximum atomic E-state index is 13.1. The van der Waals surface area contributed by atoms with Crippen LogP contribution in [0.5, 0.6) is 0 Å². The Morgan fingerprint density at radius 1 is 1.41 bits per heavy atom. The molecule has 1 aliphatic rings. The van der Waals surface area contributed by atoms with Crippen LogP contribution in [0.2, 0.25) is 5.02 Å². The fraction of sp³-hybridized carbons (Fsp3) is 0.692. The number of amides is 1. The summed E-state index contributed by atoms with van der Waals surface area (Å²) in [6.45, 7) is 2.96. The largest absolute Gasteiger partial charge is 0.408 e. The van der Waals surface area contributed by atoms with E-state index in [2.05, 4.69) is 5.10 Å². The Labute approximate surface area is 131 Å². The Balaban J connectivity index is 2.19. The monoisotopic (exact) mass is 338 g/mol. The maximum absolute atomic E-state index is 13.1. The summed E-state index contributed by atoms with van der Waals surface area (Å²) in [4.78, 5) is 13.1. The van der Waals surface area contributed by atoms with E-state index in [9.17, 15) is 18.0 Å². The average molecular weight is 339 g/mol. The lowest BCUT2D eigenvalue weighted by Crippen LogP contribution is -2.57. The van der Waals surface area contributed by atoms with Gasteiger partial charge in [-0.15, -0.1) is 0 Å². The molecule has 22 heavy (non-hydrogen) atoms. The van der Waals surface area contributed by atoms with Crippen LogP contribution in [0.4, 0.5) is 13.2 Å². The number of hydrogen-bond acceptors (Lipinski definition) is 3. The molecule has 124 valence electrons. The minimum absolute atomic E-state index is 0.101. The topological polar surface area (TPSA) is 64.2 Å². The highest BCUT2D eigenvalue weighted by molar-refractivity contribution is 6.31. The summed E-state index contributed by atoms with van der Waals surface area (Å²) < 4.78 is 40.6. The molecule has 0 bridgehead atoms. The van der Waals surface area contributed by atoms with Gasteiger partial charge in [0, 0.05) is 12.6 Å². The summed E-state index contributed by atoms with van der Waals surface area (Å²) in [7, 11) is 0. The zero-order chi connectivity index (χ0) is 16.7. The number of halogens is 4. The Bertz CT molecular complexity index is 572. The summed E-state index contributed by atoms with van der Waals surface area (Å²) in [6.07, 6.45) is -4.38. The third kappa shape index (κ3) is 3.38. The Kier molecular flexibility index (Phi) is 4.72. The van der Waals surface area contributed by atoms with E-state index in [1.807, 2.05) is 0 Å². The first-order chi connectivity index (χ1) is 10.1. The first kappa shape index (κ1) is 17.1. The van der Waals surface area contributed by atoms with E-state index in [0.717, 1.165) is 4.90 Å². The lowest BCUT2D eigenvalue weighted by Gasteiger charge is -2.39. The van der Waals surface area contributed by atoms with Crippen molar-refractivity contribution in [3.05, 3.63) is 16.4 Å². The van der Waals surface area contributed by atoms with E-state index in [0.29, 0.717) is 16.4 Å². The SMILES string of the molecule is Cc1nn(CC(=O)N2CC(N)CCC2C(F)(F)F)c(C)c1Cl. The first-order valence-electron chi connectivity index (χ1n) is 6.92. The van der Waals surface area contributed by atoms with E-state index < -0.39 is 24.2 Å². The summed E-state index contributed by atoms with van der Waals surface area (Å²) >= 11 is 5.98. The van der Waals surface area contributed by atoms with E-state index in [1.54, 1.807) is 13.8 Å². The molecule has 1 saturated heterocycles. The Morgan fingerprint density at radius 2 is 2.05 bits per heavy atom. The minimum atomic E-state index is -4.46. The molecule has 0 spiro atoms. The molecular weight excluding hydrogens is 321 g/mol. The van der Waals surface area contributed by atoms with Crippen LogP contribution in [-0.2, 0) is 11.3 Å². The number of aryl methyl sites for hydroxylation is 1. The lowest BCUT2D eigenvalue weighted by atomic mass is 9.98. The molecule has 0 aromatic carbocycles. The number of hydrogen-bond donors (Lipinski definition) is 1. The van der Waals surface area contributed by atoms with Gasteiger partial charge in [0.15, 0.2) is 0 Å². The summed E-state index contributed by atoms with van der Waals surface area (Å²) in [5.74, 6) is -0.653. The van der Waals surface area contributed by atoms with Gasteiger partial charge in [0.05, 0.1) is 16.4 Å². The lowest BCUT2D eigenvalue weighted by molar-refractivity contribution is -0.197. The minimum Gasteiger partial charge on any atom is -0.327 e. The number of nitrogens with zero attached hydrogens (tertiary/aromatic N) is 3. The van der Waals surface area contributed by atoms with Crippen LogP contribution in [0, 0.1) is 13.8 Å². The van der Waals surface area contributed by atoms with Gasteiger partial charge in [-0.3, -0.25) is 9.48 Å². The highest BCUT2D eigenvalue weighted by Gasteiger charge is 2.47. The molecule has 0 aliphatic carbocycles. The van der Waals surface area contributed by atoms with Gasteiger partial charge in [-0.25, -0.2) is 0 Å². The molecule has 2 N–H and O–H groups in total. The normalized spacial score (nSPS) is 23.0. The molecule has 1 aliphatic heterocycles. The van der Waals surface area contributed by atoms with Crippen molar-refractivity contribution < 1.29 is 18.0 Å². The highest BCUT2D eigenvalue weighted by atomic mass is 35.5. The molecule has 2 unspecified atom stereocenters. The quantitative estimate of drug-likeness (QED) is 0.897. The number of aromatic nitrogens is 2. The molecule has 0 radical (unpaired) electrons. The van der Waals surface area contributed by atoms with Gasteiger partial charge >= 0.3 is 6.18 Å². The van der Waals surface area contributed by atoms with Crippen LogP contribution >= 0.6 is 11.6 Å². The molecule has 0 saturated carbocycles. The van der Waals surface area contributed by atoms with Crippen molar-refractivity contribution in [1.82, 2.24) is 14.7 Å². The molecule has 2 rings (SSSR count).